The summed E-state index contributed by atoms with van der Waals surface area (Å²) in [5.74, 6) is -0.297. The standard InChI is InChI=1S/C14H18ClN3O3/c1-14(4-6-16-7-5-14)9-17-13(19)11-3-2-10(18(20)21)8-12(11)15/h2-3,8,16H,4-7,9H2,1H3,(H,17,19). The number of carbonyl (C=O) groups excluding carboxylic acids is 1. The molecule has 0 unspecified atom stereocenters. The van der Waals surface area contributed by atoms with E-state index in [9.17, 15) is 14.9 Å². The molecule has 0 saturated carbocycles. The first-order valence-corrected chi connectivity index (χ1v) is 7.22. The highest BCUT2D eigenvalue weighted by atomic mass is 35.5. The van der Waals surface area contributed by atoms with Crippen molar-refractivity contribution >= 4 is 23.2 Å². The molecule has 7 heteroatoms. The maximum absolute atomic E-state index is 12.2. The van der Waals surface area contributed by atoms with Crippen LogP contribution in [0.1, 0.15) is 30.1 Å². The molecule has 2 rings (SSSR count). The number of nitro benzene ring substituents is 1. The molecule has 114 valence electrons. The third kappa shape index (κ3) is 3.92. The summed E-state index contributed by atoms with van der Waals surface area (Å²) in [5.41, 5.74) is 0.218. The second-order valence-corrected chi connectivity index (χ2v) is 6.07. The van der Waals surface area contributed by atoms with E-state index in [-0.39, 0.29) is 27.6 Å². The van der Waals surface area contributed by atoms with Gasteiger partial charge in [-0.1, -0.05) is 18.5 Å². The van der Waals surface area contributed by atoms with Gasteiger partial charge in [0.05, 0.1) is 15.5 Å². The molecule has 21 heavy (non-hydrogen) atoms. The Morgan fingerprint density at radius 2 is 2.14 bits per heavy atom. The Balaban J connectivity index is 2.01. The van der Waals surface area contributed by atoms with Crippen molar-refractivity contribution in [3.05, 3.63) is 38.9 Å². The molecule has 1 saturated heterocycles. The summed E-state index contributed by atoms with van der Waals surface area (Å²) >= 11 is 5.95. The topological polar surface area (TPSA) is 84.3 Å². The molecule has 0 spiro atoms. The number of hydrogen-bond acceptors (Lipinski definition) is 4. The summed E-state index contributed by atoms with van der Waals surface area (Å²) in [4.78, 5) is 22.3. The maximum atomic E-state index is 12.2. The van der Waals surface area contributed by atoms with Gasteiger partial charge < -0.3 is 10.6 Å². The third-order valence-electron chi connectivity index (χ3n) is 3.89. The van der Waals surface area contributed by atoms with E-state index in [1.165, 1.54) is 18.2 Å². The van der Waals surface area contributed by atoms with Crippen LogP contribution in [0.4, 0.5) is 5.69 Å². The fourth-order valence-electron chi connectivity index (χ4n) is 2.40. The van der Waals surface area contributed by atoms with Gasteiger partial charge in [0.15, 0.2) is 0 Å². The highest BCUT2D eigenvalue weighted by Crippen LogP contribution is 2.27. The van der Waals surface area contributed by atoms with Crippen molar-refractivity contribution < 1.29 is 9.72 Å². The fraction of sp³-hybridized carbons (Fsp3) is 0.500. The van der Waals surface area contributed by atoms with Crippen LogP contribution in [0, 0.1) is 15.5 Å². The number of carbonyl (C=O) groups is 1. The lowest BCUT2D eigenvalue weighted by atomic mass is 9.81. The number of nitrogens with one attached hydrogen (secondary N) is 2. The zero-order valence-electron chi connectivity index (χ0n) is 11.8. The second-order valence-electron chi connectivity index (χ2n) is 5.66. The highest BCUT2D eigenvalue weighted by Gasteiger charge is 2.27. The van der Waals surface area contributed by atoms with Crippen molar-refractivity contribution in [3.8, 4) is 0 Å². The molecule has 1 heterocycles. The van der Waals surface area contributed by atoms with Crippen LogP contribution in [0.3, 0.4) is 0 Å². The molecule has 1 amide bonds. The number of nitro groups is 1. The number of hydrogen-bond donors (Lipinski definition) is 2. The van der Waals surface area contributed by atoms with E-state index in [0.717, 1.165) is 25.9 Å². The average molecular weight is 312 g/mol. The lowest BCUT2D eigenvalue weighted by Gasteiger charge is -2.34. The molecule has 0 radical (unpaired) electrons. The predicted octanol–water partition coefficient (Wildman–Crippen LogP) is 2.37. The number of rotatable bonds is 4. The average Bonchev–Trinajstić information content (AvgIpc) is 2.45. The van der Waals surface area contributed by atoms with Gasteiger partial charge in [-0.15, -0.1) is 0 Å². The van der Waals surface area contributed by atoms with Gasteiger partial charge >= 0.3 is 0 Å². The Kier molecular flexibility index (Phi) is 4.80. The number of benzene rings is 1. The van der Waals surface area contributed by atoms with E-state index in [0.29, 0.717) is 6.54 Å². The van der Waals surface area contributed by atoms with Crippen LogP contribution in [-0.2, 0) is 0 Å². The first-order chi connectivity index (χ1) is 9.91. The molecule has 1 aromatic carbocycles. The normalized spacial score (nSPS) is 17.2. The lowest BCUT2D eigenvalue weighted by molar-refractivity contribution is -0.384. The molecule has 0 atom stereocenters. The number of halogens is 1. The number of amides is 1. The van der Waals surface area contributed by atoms with Gasteiger partial charge in [0.2, 0.25) is 0 Å². The van der Waals surface area contributed by atoms with Gasteiger partial charge in [0, 0.05) is 18.7 Å². The molecule has 1 aliphatic heterocycles. The van der Waals surface area contributed by atoms with E-state index in [1.54, 1.807) is 0 Å². The third-order valence-corrected chi connectivity index (χ3v) is 4.21. The molecule has 1 aliphatic rings. The molecule has 0 aliphatic carbocycles. The van der Waals surface area contributed by atoms with Crippen LogP contribution in [0.15, 0.2) is 18.2 Å². The van der Waals surface area contributed by atoms with Crippen molar-refractivity contribution in [3.63, 3.8) is 0 Å². The Bertz CT molecular complexity index is 556. The van der Waals surface area contributed by atoms with E-state index in [1.807, 2.05) is 0 Å². The molecule has 2 N–H and O–H groups in total. The van der Waals surface area contributed by atoms with Crippen molar-refractivity contribution in [2.75, 3.05) is 19.6 Å². The summed E-state index contributed by atoms with van der Waals surface area (Å²) < 4.78 is 0. The Hall–Kier alpha value is -1.66. The molecular formula is C14H18ClN3O3. The summed E-state index contributed by atoms with van der Waals surface area (Å²) in [5, 5.41) is 16.9. The van der Waals surface area contributed by atoms with Gasteiger partial charge in [0.1, 0.15) is 0 Å². The summed E-state index contributed by atoms with van der Waals surface area (Å²) in [7, 11) is 0. The largest absolute Gasteiger partial charge is 0.351 e. The van der Waals surface area contributed by atoms with E-state index in [2.05, 4.69) is 17.6 Å². The molecule has 1 fully saturated rings. The lowest BCUT2D eigenvalue weighted by Crippen LogP contribution is -2.42. The van der Waals surface area contributed by atoms with Crippen LogP contribution < -0.4 is 10.6 Å². The summed E-state index contributed by atoms with van der Waals surface area (Å²) in [6.45, 7) is 4.61. The first kappa shape index (κ1) is 15.7. The zero-order chi connectivity index (χ0) is 15.5. The number of non-ortho nitro benzene ring substituents is 1. The molecule has 1 aromatic rings. The van der Waals surface area contributed by atoms with Crippen molar-refractivity contribution in [1.29, 1.82) is 0 Å². The zero-order valence-corrected chi connectivity index (χ0v) is 12.6. The monoisotopic (exact) mass is 311 g/mol. The van der Waals surface area contributed by atoms with Crippen LogP contribution in [-0.4, -0.2) is 30.5 Å². The van der Waals surface area contributed by atoms with Gasteiger partial charge in [-0.25, -0.2) is 0 Å². The van der Waals surface area contributed by atoms with Gasteiger partial charge in [-0.2, -0.15) is 0 Å². The summed E-state index contributed by atoms with van der Waals surface area (Å²) in [6.07, 6.45) is 2.00. The van der Waals surface area contributed by atoms with Crippen molar-refractivity contribution in [2.45, 2.75) is 19.8 Å². The highest BCUT2D eigenvalue weighted by molar-refractivity contribution is 6.34. The molecule has 6 nitrogen and oxygen atoms in total. The van der Waals surface area contributed by atoms with E-state index in [4.69, 9.17) is 11.6 Å². The smallest absolute Gasteiger partial charge is 0.270 e. The fourth-order valence-corrected chi connectivity index (χ4v) is 2.66. The summed E-state index contributed by atoms with van der Waals surface area (Å²) in [6, 6.07) is 3.87. The molecular weight excluding hydrogens is 294 g/mol. The minimum atomic E-state index is -0.538. The quantitative estimate of drug-likeness (QED) is 0.660. The van der Waals surface area contributed by atoms with Crippen LogP contribution in [0.25, 0.3) is 0 Å². The van der Waals surface area contributed by atoms with Crippen LogP contribution in [0.2, 0.25) is 5.02 Å². The maximum Gasteiger partial charge on any atom is 0.270 e. The first-order valence-electron chi connectivity index (χ1n) is 6.84. The minimum absolute atomic E-state index is 0.0775. The van der Waals surface area contributed by atoms with E-state index < -0.39 is 4.92 Å². The Morgan fingerprint density at radius 1 is 1.48 bits per heavy atom. The molecule has 0 bridgehead atoms. The van der Waals surface area contributed by atoms with Crippen molar-refractivity contribution in [1.82, 2.24) is 10.6 Å². The second kappa shape index (κ2) is 6.41. The minimum Gasteiger partial charge on any atom is -0.351 e. The van der Waals surface area contributed by atoms with Gasteiger partial charge in [-0.3, -0.25) is 14.9 Å². The van der Waals surface area contributed by atoms with Crippen molar-refractivity contribution in [2.24, 2.45) is 5.41 Å². The SMILES string of the molecule is CC1(CNC(=O)c2ccc([N+](=O)[O-])cc2Cl)CCNCC1. The number of nitrogens with zero attached hydrogens (tertiary/aromatic N) is 1. The Labute approximate surface area is 128 Å². The van der Waals surface area contributed by atoms with Crippen LogP contribution in [0.5, 0.6) is 0 Å². The van der Waals surface area contributed by atoms with Gasteiger partial charge in [0.25, 0.3) is 11.6 Å². The predicted molar refractivity (Wildman–Crippen MR) is 80.7 cm³/mol. The molecule has 0 aromatic heterocycles. The van der Waals surface area contributed by atoms with E-state index >= 15 is 0 Å². The number of piperidine rings is 1. The van der Waals surface area contributed by atoms with Gasteiger partial charge in [-0.05, 0) is 37.4 Å². The van der Waals surface area contributed by atoms with Crippen LogP contribution >= 0.6 is 11.6 Å². The Morgan fingerprint density at radius 3 is 2.71 bits per heavy atom.